The first-order chi connectivity index (χ1) is 18.1. The van der Waals surface area contributed by atoms with Gasteiger partial charge >= 0.3 is 11.9 Å². The van der Waals surface area contributed by atoms with Crippen LogP contribution in [0.4, 0.5) is 13.2 Å². The average Bonchev–Trinajstić information content (AvgIpc) is 3.43. The Morgan fingerprint density at radius 1 is 1.34 bits per heavy atom. The van der Waals surface area contributed by atoms with E-state index in [1.54, 1.807) is 16.5 Å². The van der Waals surface area contributed by atoms with Crippen molar-refractivity contribution >= 4 is 40.7 Å². The number of ether oxygens (including phenoxy) is 1. The van der Waals surface area contributed by atoms with Crippen molar-refractivity contribution in [2.75, 3.05) is 13.7 Å². The Morgan fingerprint density at radius 3 is 2.76 bits per heavy atom. The van der Waals surface area contributed by atoms with Crippen LogP contribution in [0.3, 0.4) is 0 Å². The monoisotopic (exact) mass is 568 g/mol. The van der Waals surface area contributed by atoms with Crippen LogP contribution in [0.5, 0.6) is 0 Å². The Bertz CT molecular complexity index is 1320. The molecule has 38 heavy (non-hydrogen) atoms. The predicted octanol–water partition coefficient (Wildman–Crippen LogP) is 4.42. The number of carboxylic acids is 1. The van der Waals surface area contributed by atoms with Crippen molar-refractivity contribution in [1.29, 1.82) is 0 Å². The lowest BCUT2D eigenvalue weighted by Gasteiger charge is -2.40. The smallest absolute Gasteiger partial charge is 0.338 e. The second kappa shape index (κ2) is 10.3. The van der Waals surface area contributed by atoms with Crippen LogP contribution in [-0.4, -0.2) is 64.4 Å². The van der Waals surface area contributed by atoms with Gasteiger partial charge in [-0.3, -0.25) is 14.7 Å². The maximum absolute atomic E-state index is 15.1. The van der Waals surface area contributed by atoms with E-state index in [2.05, 4.69) is 15.3 Å². The molecular formula is C25H24ClF3N4O4S. The van der Waals surface area contributed by atoms with Gasteiger partial charge in [-0.05, 0) is 30.9 Å². The number of carboxylic acid groups (broad SMARTS) is 1. The maximum atomic E-state index is 15.1. The second-order valence-corrected chi connectivity index (χ2v) is 10.9. The first-order valence-electron chi connectivity index (χ1n) is 11.9. The van der Waals surface area contributed by atoms with E-state index in [0.717, 1.165) is 6.07 Å². The van der Waals surface area contributed by atoms with Gasteiger partial charge in [0.25, 0.3) is 5.92 Å². The number of aromatic nitrogens is 1. The molecular weight excluding hydrogens is 545 g/mol. The van der Waals surface area contributed by atoms with Crippen LogP contribution < -0.4 is 5.32 Å². The quantitative estimate of drug-likeness (QED) is 0.477. The van der Waals surface area contributed by atoms with Crippen LogP contribution in [0.15, 0.2) is 46.0 Å². The molecule has 3 aliphatic rings. The molecule has 1 aromatic carbocycles. The molecule has 4 atom stereocenters. The van der Waals surface area contributed by atoms with E-state index in [-0.39, 0.29) is 35.9 Å². The third kappa shape index (κ3) is 5.04. The largest absolute Gasteiger partial charge is 0.481 e. The number of carbonyl (C=O) groups excluding carboxylic acids is 1. The van der Waals surface area contributed by atoms with Gasteiger partial charge in [0.05, 0.1) is 18.7 Å². The molecule has 0 aliphatic carbocycles. The first-order valence-corrected chi connectivity index (χ1v) is 13.2. The molecule has 5 rings (SSSR count). The van der Waals surface area contributed by atoms with Crippen LogP contribution >= 0.6 is 22.9 Å². The van der Waals surface area contributed by atoms with Gasteiger partial charge in [-0.2, -0.15) is 0 Å². The molecule has 4 heterocycles. The zero-order chi connectivity index (χ0) is 27.2. The minimum Gasteiger partial charge on any atom is -0.481 e. The summed E-state index contributed by atoms with van der Waals surface area (Å²) in [5.41, 5.74) is 0.707. The predicted molar refractivity (Wildman–Crippen MR) is 134 cm³/mol. The Hall–Kier alpha value is -2.96. The van der Waals surface area contributed by atoms with Crippen LogP contribution in [0.2, 0.25) is 5.02 Å². The van der Waals surface area contributed by atoms with Gasteiger partial charge in [0.1, 0.15) is 11.9 Å². The van der Waals surface area contributed by atoms with Crippen molar-refractivity contribution in [1.82, 2.24) is 15.2 Å². The number of rotatable bonds is 7. The maximum Gasteiger partial charge on any atom is 0.338 e. The fourth-order valence-corrected chi connectivity index (χ4v) is 6.55. The van der Waals surface area contributed by atoms with Gasteiger partial charge < -0.3 is 15.2 Å². The molecule has 2 saturated heterocycles. The van der Waals surface area contributed by atoms with Crippen LogP contribution in [-0.2, 0) is 14.3 Å². The molecule has 13 heteroatoms. The van der Waals surface area contributed by atoms with E-state index < -0.39 is 48.2 Å². The van der Waals surface area contributed by atoms with Gasteiger partial charge in [0, 0.05) is 53.3 Å². The number of alkyl halides is 2. The Labute approximate surface area is 225 Å². The van der Waals surface area contributed by atoms with Crippen LogP contribution in [0.25, 0.3) is 0 Å². The summed E-state index contributed by atoms with van der Waals surface area (Å²) >= 11 is 7.66. The Balaban J connectivity index is 1.57. The molecule has 1 aromatic heterocycles. The normalized spacial score (nSPS) is 26.6. The summed E-state index contributed by atoms with van der Waals surface area (Å²) in [5.74, 6) is -5.38. The number of nitrogens with zero attached hydrogens (tertiary/aromatic N) is 3. The molecule has 3 aliphatic heterocycles. The van der Waals surface area contributed by atoms with Gasteiger partial charge in [0.2, 0.25) is 0 Å². The number of esters is 1. The molecule has 0 saturated carbocycles. The van der Waals surface area contributed by atoms with Crippen LogP contribution in [0.1, 0.15) is 42.3 Å². The van der Waals surface area contributed by atoms with Gasteiger partial charge in [0.15, 0.2) is 10.8 Å². The van der Waals surface area contributed by atoms with E-state index in [0.29, 0.717) is 28.5 Å². The third-order valence-electron chi connectivity index (χ3n) is 7.25. The number of halogens is 4. The molecule has 8 nitrogen and oxygen atoms in total. The standard InChI is InChI=1S/C25H24ClF3N4O4S/c1-37-24(36)20-17(11-33-14-6-12(8-19(34)35)7-18(33)25(28,29)10-14)31-22(23-30-4-5-38-23)32-21(20)15-3-2-13(27)9-16(15)26/h2-5,9,12,14,18,21H,6-8,10-11H2,1H3,(H,31,32)(H,34,35)/t12-,14-,18+,21-/m0/s1. The minimum absolute atomic E-state index is 0.0251. The average molecular weight is 569 g/mol. The van der Waals surface area contributed by atoms with Gasteiger partial charge in [-0.15, -0.1) is 11.3 Å². The number of piperidine rings is 1. The molecule has 202 valence electrons. The fraction of sp³-hybridized carbons (Fsp3) is 0.440. The lowest BCUT2D eigenvalue weighted by atomic mass is 9.87. The first kappa shape index (κ1) is 26.6. The summed E-state index contributed by atoms with van der Waals surface area (Å²) in [4.78, 5) is 34.9. The number of methoxy groups -OCH3 is 1. The van der Waals surface area contributed by atoms with E-state index in [1.807, 2.05) is 0 Å². The lowest BCUT2D eigenvalue weighted by Crippen LogP contribution is -2.50. The SMILES string of the molecule is COC(=O)C1=C(CN2[C@H]3C[C@H](CC(=O)O)C[C@@H]2C(F)(F)C3)NC(c2nccs2)=N[C@H]1c1ccc(F)cc1Cl. The number of amidine groups is 1. The summed E-state index contributed by atoms with van der Waals surface area (Å²) < 4.78 is 49.0. The number of aliphatic carboxylic acids is 1. The molecule has 0 amide bonds. The zero-order valence-corrected chi connectivity index (χ0v) is 21.7. The van der Waals surface area contributed by atoms with Crippen molar-refractivity contribution in [2.45, 2.75) is 49.7 Å². The third-order valence-corrected chi connectivity index (χ3v) is 8.36. The van der Waals surface area contributed by atoms with E-state index in [1.165, 1.54) is 30.6 Å². The molecule has 2 fully saturated rings. The number of hydrogen-bond acceptors (Lipinski definition) is 8. The van der Waals surface area contributed by atoms with Crippen molar-refractivity contribution < 1.29 is 32.6 Å². The minimum atomic E-state index is -3.01. The lowest BCUT2D eigenvalue weighted by molar-refractivity contribution is -0.139. The van der Waals surface area contributed by atoms with E-state index >= 15 is 8.78 Å². The number of nitrogens with one attached hydrogen (secondary N) is 1. The molecule has 0 spiro atoms. The zero-order valence-electron chi connectivity index (χ0n) is 20.2. The number of fused-ring (bicyclic) bond motifs is 2. The topological polar surface area (TPSA) is 104 Å². The summed E-state index contributed by atoms with van der Waals surface area (Å²) in [6.07, 6.45) is 1.35. The second-order valence-electron chi connectivity index (χ2n) is 9.63. The molecule has 2 aromatic rings. The highest BCUT2D eigenvalue weighted by atomic mass is 35.5. The molecule has 2 bridgehead atoms. The van der Waals surface area contributed by atoms with Crippen molar-refractivity contribution in [2.24, 2.45) is 10.9 Å². The molecule has 0 radical (unpaired) electrons. The van der Waals surface area contributed by atoms with Crippen molar-refractivity contribution in [3.8, 4) is 0 Å². The molecule has 0 unspecified atom stereocenters. The summed E-state index contributed by atoms with van der Waals surface area (Å²) in [7, 11) is 1.20. The fourth-order valence-electron chi connectivity index (χ4n) is 5.69. The Kier molecular flexibility index (Phi) is 7.23. The number of benzene rings is 1. The van der Waals surface area contributed by atoms with Crippen LogP contribution in [0, 0.1) is 11.7 Å². The van der Waals surface area contributed by atoms with E-state index in [4.69, 9.17) is 16.3 Å². The Morgan fingerprint density at radius 2 is 2.13 bits per heavy atom. The van der Waals surface area contributed by atoms with Gasteiger partial charge in [-0.1, -0.05) is 17.7 Å². The summed E-state index contributed by atoms with van der Waals surface area (Å²) in [5, 5.41) is 14.6. The van der Waals surface area contributed by atoms with Crippen molar-refractivity contribution in [3.63, 3.8) is 0 Å². The molecule has 2 N–H and O–H groups in total. The van der Waals surface area contributed by atoms with Gasteiger partial charge in [-0.25, -0.2) is 22.9 Å². The highest BCUT2D eigenvalue weighted by Crippen LogP contribution is 2.49. The number of aliphatic imine (C=N–C) groups is 1. The highest BCUT2D eigenvalue weighted by Gasteiger charge is 2.57. The number of carbonyl (C=O) groups is 2. The van der Waals surface area contributed by atoms with E-state index in [9.17, 15) is 19.1 Å². The van der Waals surface area contributed by atoms with Crippen molar-refractivity contribution in [3.05, 3.63) is 62.5 Å². The highest BCUT2D eigenvalue weighted by molar-refractivity contribution is 7.11. The number of hydrogen-bond donors (Lipinski definition) is 2. The number of thiazole rings is 1. The summed E-state index contributed by atoms with van der Waals surface area (Å²) in [6, 6.07) is 0.968. The summed E-state index contributed by atoms with van der Waals surface area (Å²) in [6.45, 7) is -0.0607.